The summed E-state index contributed by atoms with van der Waals surface area (Å²) in [6.45, 7) is 0.683. The van der Waals surface area contributed by atoms with Gasteiger partial charge in [-0.15, -0.1) is 6.42 Å². The monoisotopic (exact) mass is 401 g/mol. The molecule has 0 saturated heterocycles. The molecule has 0 aliphatic carbocycles. The zero-order valence-electron chi connectivity index (χ0n) is 15.9. The molecule has 0 aliphatic rings. The molecule has 0 bridgehead atoms. The molecule has 4 aromatic rings. The second-order valence-corrected chi connectivity index (χ2v) is 7.40. The van der Waals surface area contributed by atoms with Crippen molar-refractivity contribution in [1.82, 2.24) is 19.1 Å². The lowest BCUT2D eigenvalue weighted by atomic mass is 10.2. The molecular weight excluding hydrogens is 382 g/mol. The van der Waals surface area contributed by atoms with Crippen LogP contribution >= 0.6 is 11.8 Å². The van der Waals surface area contributed by atoms with Crippen LogP contribution in [0.2, 0.25) is 0 Å². The summed E-state index contributed by atoms with van der Waals surface area (Å²) in [4.78, 5) is 21.4. The number of aromatic nitrogens is 4. The average Bonchev–Trinajstić information content (AvgIpc) is 3.12. The fourth-order valence-electron chi connectivity index (χ4n) is 3.09. The summed E-state index contributed by atoms with van der Waals surface area (Å²) >= 11 is 1.71. The van der Waals surface area contributed by atoms with E-state index in [1.165, 1.54) is 6.33 Å². The molecule has 29 heavy (non-hydrogen) atoms. The first-order chi connectivity index (χ1) is 14.2. The Morgan fingerprint density at radius 2 is 2.07 bits per heavy atom. The Balaban J connectivity index is 1.74. The normalized spacial score (nSPS) is 10.8. The molecule has 0 aliphatic heterocycles. The van der Waals surface area contributed by atoms with Crippen LogP contribution < -0.4 is 11.0 Å². The Bertz CT molecular complexity index is 1270. The number of nitrogens with zero attached hydrogens (tertiary/aromatic N) is 4. The molecule has 2 aromatic carbocycles. The molecule has 144 valence electrons. The van der Waals surface area contributed by atoms with Crippen molar-refractivity contribution in [3.8, 4) is 18.0 Å². The van der Waals surface area contributed by atoms with Gasteiger partial charge < -0.3 is 5.32 Å². The van der Waals surface area contributed by atoms with Gasteiger partial charge in [0.25, 0.3) is 0 Å². The van der Waals surface area contributed by atoms with E-state index in [9.17, 15) is 4.79 Å². The number of benzene rings is 2. The molecule has 2 aromatic heterocycles. The predicted octanol–water partition coefficient (Wildman–Crippen LogP) is 3.67. The van der Waals surface area contributed by atoms with Gasteiger partial charge in [0, 0.05) is 41.3 Å². The molecule has 2 heterocycles. The molecule has 0 atom stereocenters. The molecule has 7 heteroatoms. The summed E-state index contributed by atoms with van der Waals surface area (Å²) in [7, 11) is 0. The SMILES string of the molecule is C#Cc1cccc(Nc2ncnc3ccc(-n4ccn(CCSC)c4=O)cc23)c1. The number of anilines is 2. The first-order valence-electron chi connectivity index (χ1n) is 9.05. The highest BCUT2D eigenvalue weighted by atomic mass is 32.2. The minimum atomic E-state index is -0.0634. The highest BCUT2D eigenvalue weighted by Gasteiger charge is 2.10. The quantitative estimate of drug-likeness (QED) is 0.500. The van der Waals surface area contributed by atoms with Crippen LogP contribution in [0, 0.1) is 12.3 Å². The second-order valence-electron chi connectivity index (χ2n) is 6.41. The maximum Gasteiger partial charge on any atom is 0.332 e. The summed E-state index contributed by atoms with van der Waals surface area (Å²) in [5.41, 5.74) is 3.11. The van der Waals surface area contributed by atoms with Crippen molar-refractivity contribution < 1.29 is 0 Å². The van der Waals surface area contributed by atoms with E-state index in [0.717, 1.165) is 33.6 Å². The van der Waals surface area contributed by atoms with Crippen LogP contribution in [0.25, 0.3) is 16.6 Å². The van der Waals surface area contributed by atoms with Gasteiger partial charge in [0.15, 0.2) is 0 Å². The zero-order chi connectivity index (χ0) is 20.2. The Hall–Kier alpha value is -3.50. The van der Waals surface area contributed by atoms with Crippen molar-refractivity contribution >= 4 is 34.2 Å². The van der Waals surface area contributed by atoms with Gasteiger partial charge in [-0.05, 0) is 42.7 Å². The lowest BCUT2D eigenvalue weighted by molar-refractivity contribution is 0.721. The van der Waals surface area contributed by atoms with Gasteiger partial charge in [-0.3, -0.25) is 9.13 Å². The van der Waals surface area contributed by atoms with Crippen LogP contribution in [0.15, 0.2) is 66.0 Å². The Kier molecular flexibility index (Phi) is 5.36. The lowest BCUT2D eigenvalue weighted by Crippen LogP contribution is -2.23. The van der Waals surface area contributed by atoms with Gasteiger partial charge in [0.1, 0.15) is 12.1 Å². The number of aryl methyl sites for hydroxylation is 1. The Morgan fingerprint density at radius 3 is 2.90 bits per heavy atom. The van der Waals surface area contributed by atoms with E-state index < -0.39 is 0 Å². The summed E-state index contributed by atoms with van der Waals surface area (Å²) in [6, 6.07) is 13.3. The van der Waals surface area contributed by atoms with Crippen molar-refractivity contribution in [3.63, 3.8) is 0 Å². The van der Waals surface area contributed by atoms with Crippen LogP contribution in [0.4, 0.5) is 11.5 Å². The maximum absolute atomic E-state index is 12.7. The third-order valence-electron chi connectivity index (χ3n) is 4.57. The van der Waals surface area contributed by atoms with E-state index in [0.29, 0.717) is 12.4 Å². The van der Waals surface area contributed by atoms with Crippen molar-refractivity contribution in [3.05, 3.63) is 77.2 Å². The number of nitrogens with one attached hydrogen (secondary N) is 1. The topological polar surface area (TPSA) is 64.7 Å². The molecule has 0 spiro atoms. The number of hydrogen-bond donors (Lipinski definition) is 1. The van der Waals surface area contributed by atoms with E-state index >= 15 is 0 Å². The van der Waals surface area contributed by atoms with Gasteiger partial charge >= 0.3 is 5.69 Å². The molecule has 0 saturated carbocycles. The van der Waals surface area contributed by atoms with Gasteiger partial charge in [-0.1, -0.05) is 12.0 Å². The fourth-order valence-corrected chi connectivity index (χ4v) is 3.47. The molecule has 0 radical (unpaired) electrons. The van der Waals surface area contributed by atoms with Crippen molar-refractivity contribution in [2.45, 2.75) is 6.54 Å². The number of fused-ring (bicyclic) bond motifs is 1. The fraction of sp³-hybridized carbons (Fsp3) is 0.136. The molecule has 0 amide bonds. The Labute approximate surface area is 172 Å². The summed E-state index contributed by atoms with van der Waals surface area (Å²) in [5, 5.41) is 4.13. The van der Waals surface area contributed by atoms with Crippen molar-refractivity contribution in [1.29, 1.82) is 0 Å². The van der Waals surface area contributed by atoms with E-state index in [1.807, 2.05) is 54.9 Å². The van der Waals surface area contributed by atoms with Gasteiger partial charge in [0.2, 0.25) is 0 Å². The molecule has 6 nitrogen and oxygen atoms in total. The van der Waals surface area contributed by atoms with E-state index in [1.54, 1.807) is 27.1 Å². The van der Waals surface area contributed by atoms with Crippen molar-refractivity contribution in [2.24, 2.45) is 0 Å². The third kappa shape index (κ3) is 3.89. The van der Waals surface area contributed by atoms with Crippen molar-refractivity contribution in [2.75, 3.05) is 17.3 Å². The van der Waals surface area contributed by atoms with Gasteiger partial charge in [0.05, 0.1) is 11.2 Å². The second kappa shape index (κ2) is 8.25. The number of rotatable bonds is 6. The average molecular weight is 401 g/mol. The van der Waals surface area contributed by atoms with E-state index in [-0.39, 0.29) is 5.69 Å². The molecule has 0 unspecified atom stereocenters. The van der Waals surface area contributed by atoms with Crippen LogP contribution in [0.5, 0.6) is 0 Å². The van der Waals surface area contributed by atoms with E-state index in [2.05, 4.69) is 21.2 Å². The van der Waals surface area contributed by atoms with Crippen LogP contribution in [-0.2, 0) is 6.54 Å². The van der Waals surface area contributed by atoms with Crippen LogP contribution in [0.1, 0.15) is 5.56 Å². The molecule has 1 N–H and O–H groups in total. The minimum absolute atomic E-state index is 0.0634. The number of imidazole rings is 1. The van der Waals surface area contributed by atoms with Crippen LogP contribution in [-0.4, -0.2) is 31.1 Å². The van der Waals surface area contributed by atoms with E-state index in [4.69, 9.17) is 6.42 Å². The highest BCUT2D eigenvalue weighted by Crippen LogP contribution is 2.25. The summed E-state index contributed by atoms with van der Waals surface area (Å²) in [6.07, 6.45) is 12.6. The number of hydrogen-bond acceptors (Lipinski definition) is 5. The maximum atomic E-state index is 12.7. The predicted molar refractivity (Wildman–Crippen MR) is 119 cm³/mol. The lowest BCUT2D eigenvalue weighted by Gasteiger charge is -2.10. The summed E-state index contributed by atoms with van der Waals surface area (Å²) in [5.74, 6) is 4.17. The zero-order valence-corrected chi connectivity index (χ0v) is 16.7. The smallest absolute Gasteiger partial charge is 0.332 e. The first-order valence-corrected chi connectivity index (χ1v) is 10.4. The first kappa shape index (κ1) is 18.8. The van der Waals surface area contributed by atoms with Gasteiger partial charge in [-0.25, -0.2) is 14.8 Å². The Morgan fingerprint density at radius 1 is 1.17 bits per heavy atom. The standard InChI is InChI=1S/C22H19N5OS/c1-3-16-5-4-6-17(13-16)25-21-19-14-18(7-8-20(19)23-15-24-21)27-10-9-26(22(27)28)11-12-29-2/h1,4-10,13-15H,11-12H2,2H3,(H,23,24,25). The molecule has 0 fully saturated rings. The minimum Gasteiger partial charge on any atom is -0.340 e. The number of terminal acetylenes is 1. The van der Waals surface area contributed by atoms with Crippen LogP contribution in [0.3, 0.4) is 0 Å². The number of thioether (sulfide) groups is 1. The third-order valence-corrected chi connectivity index (χ3v) is 5.16. The molecular formula is C22H19N5OS. The largest absolute Gasteiger partial charge is 0.340 e. The highest BCUT2D eigenvalue weighted by molar-refractivity contribution is 7.98. The molecule has 4 rings (SSSR count). The summed E-state index contributed by atoms with van der Waals surface area (Å²) < 4.78 is 3.35. The van der Waals surface area contributed by atoms with Gasteiger partial charge in [-0.2, -0.15) is 11.8 Å².